The first-order valence-electron chi connectivity index (χ1n) is 6.04. The van der Waals surface area contributed by atoms with Crippen LogP contribution < -0.4 is 5.73 Å². The Morgan fingerprint density at radius 1 is 1.56 bits per heavy atom. The number of piperidine rings is 1. The van der Waals surface area contributed by atoms with E-state index in [9.17, 15) is 13.2 Å². The van der Waals surface area contributed by atoms with Crippen LogP contribution >= 0.6 is 0 Å². The molecule has 1 aliphatic rings. The normalized spacial score (nSPS) is 27.4. The van der Waals surface area contributed by atoms with Gasteiger partial charge in [-0.15, -0.1) is 0 Å². The van der Waals surface area contributed by atoms with Gasteiger partial charge in [-0.1, -0.05) is 6.92 Å². The van der Waals surface area contributed by atoms with Gasteiger partial charge in [0.05, 0.1) is 12.0 Å². The molecule has 1 amide bonds. The summed E-state index contributed by atoms with van der Waals surface area (Å²) in [7, 11) is -3.68. The Hall–Kier alpha value is -1.13. The van der Waals surface area contributed by atoms with Crippen LogP contribution in [0.5, 0.6) is 0 Å². The Labute approximate surface area is 108 Å². The first-order valence-corrected chi connectivity index (χ1v) is 7.54. The van der Waals surface area contributed by atoms with Crippen LogP contribution in [0.3, 0.4) is 0 Å². The third-order valence-corrected chi connectivity index (χ3v) is 5.75. The summed E-state index contributed by atoms with van der Waals surface area (Å²) in [6.45, 7) is 3.54. The lowest BCUT2D eigenvalue weighted by molar-refractivity contribution is -0.123. The molecular formula is C11H19N3O3S. The minimum absolute atomic E-state index is 0.0943. The maximum absolute atomic E-state index is 12.3. The first kappa shape index (κ1) is 14.9. The van der Waals surface area contributed by atoms with Crippen LogP contribution in [0.2, 0.25) is 0 Å². The number of nitriles is 1. The summed E-state index contributed by atoms with van der Waals surface area (Å²) in [5, 5.41) is 7.86. The summed E-state index contributed by atoms with van der Waals surface area (Å²) in [6.07, 6.45) is 1.43. The van der Waals surface area contributed by atoms with Crippen molar-refractivity contribution in [3.05, 3.63) is 0 Å². The van der Waals surface area contributed by atoms with Crippen molar-refractivity contribution < 1.29 is 13.2 Å². The van der Waals surface area contributed by atoms with E-state index in [0.29, 0.717) is 12.8 Å². The van der Waals surface area contributed by atoms with Crippen molar-refractivity contribution in [3.63, 3.8) is 0 Å². The molecular weight excluding hydrogens is 254 g/mol. The summed E-state index contributed by atoms with van der Waals surface area (Å²) in [5.74, 6) is -0.931. The van der Waals surface area contributed by atoms with Crippen LogP contribution in [0, 0.1) is 17.2 Å². The summed E-state index contributed by atoms with van der Waals surface area (Å²) in [5.41, 5.74) is 5.23. The zero-order chi connectivity index (χ0) is 13.9. The van der Waals surface area contributed by atoms with Gasteiger partial charge >= 0.3 is 0 Å². The van der Waals surface area contributed by atoms with Crippen molar-refractivity contribution in [1.82, 2.24) is 4.31 Å². The standard InChI is InChI=1S/C11H19N3O3S/c1-3-10(6-12)18(16,17)14-7-9(11(13)15)5-4-8(14)2/h8-10H,3-5,7H2,1-2H3,(H2,13,15). The Balaban J connectivity index is 2.99. The van der Waals surface area contributed by atoms with E-state index in [0.717, 1.165) is 0 Å². The zero-order valence-corrected chi connectivity index (χ0v) is 11.5. The molecule has 0 saturated carbocycles. The van der Waals surface area contributed by atoms with Gasteiger partial charge in [-0.25, -0.2) is 8.42 Å². The van der Waals surface area contributed by atoms with Gasteiger partial charge in [0, 0.05) is 12.6 Å². The van der Waals surface area contributed by atoms with Gasteiger partial charge < -0.3 is 5.73 Å². The lowest BCUT2D eigenvalue weighted by Crippen LogP contribution is -2.51. The highest BCUT2D eigenvalue weighted by Crippen LogP contribution is 2.26. The number of carbonyl (C=O) groups excluding carboxylic acids is 1. The highest BCUT2D eigenvalue weighted by Gasteiger charge is 2.39. The molecule has 1 heterocycles. The Bertz CT molecular complexity index is 455. The largest absolute Gasteiger partial charge is 0.369 e. The van der Waals surface area contributed by atoms with Crippen LogP contribution in [0.4, 0.5) is 0 Å². The molecule has 0 aliphatic carbocycles. The van der Waals surface area contributed by atoms with E-state index in [1.165, 1.54) is 4.31 Å². The van der Waals surface area contributed by atoms with Crippen molar-refractivity contribution in [1.29, 1.82) is 5.26 Å². The topological polar surface area (TPSA) is 104 Å². The smallest absolute Gasteiger partial charge is 0.230 e. The van der Waals surface area contributed by atoms with Gasteiger partial charge in [-0.3, -0.25) is 4.79 Å². The molecule has 2 N–H and O–H groups in total. The second-order valence-corrected chi connectivity index (χ2v) is 6.73. The van der Waals surface area contributed by atoms with Crippen molar-refractivity contribution in [3.8, 4) is 6.07 Å². The van der Waals surface area contributed by atoms with Crippen molar-refractivity contribution in [2.24, 2.45) is 11.7 Å². The van der Waals surface area contributed by atoms with E-state index in [4.69, 9.17) is 11.0 Å². The van der Waals surface area contributed by atoms with Gasteiger partial charge in [0.15, 0.2) is 5.25 Å². The number of nitrogens with zero attached hydrogens (tertiary/aromatic N) is 2. The fourth-order valence-corrected chi connectivity index (χ4v) is 4.07. The predicted octanol–water partition coefficient (Wildman–Crippen LogP) is 0.204. The molecule has 0 bridgehead atoms. The van der Waals surface area contributed by atoms with Gasteiger partial charge in [0.1, 0.15) is 0 Å². The molecule has 3 atom stereocenters. The van der Waals surface area contributed by atoms with Gasteiger partial charge in [-0.05, 0) is 26.2 Å². The van der Waals surface area contributed by atoms with E-state index in [-0.39, 0.29) is 19.0 Å². The summed E-state index contributed by atoms with van der Waals surface area (Å²) in [6, 6.07) is 1.62. The van der Waals surface area contributed by atoms with Gasteiger partial charge in [0.2, 0.25) is 15.9 Å². The molecule has 1 fully saturated rings. The quantitative estimate of drug-likeness (QED) is 0.790. The highest BCUT2D eigenvalue weighted by atomic mass is 32.2. The Morgan fingerprint density at radius 2 is 2.17 bits per heavy atom. The second kappa shape index (κ2) is 5.67. The number of nitrogens with two attached hydrogens (primary N) is 1. The number of amides is 1. The van der Waals surface area contributed by atoms with E-state index in [1.54, 1.807) is 13.8 Å². The Kier molecular flexibility index (Phi) is 4.71. The molecule has 1 saturated heterocycles. The fourth-order valence-electron chi connectivity index (χ4n) is 2.19. The second-order valence-electron chi connectivity index (χ2n) is 4.67. The average Bonchev–Trinajstić information content (AvgIpc) is 2.30. The lowest BCUT2D eigenvalue weighted by atomic mass is 9.95. The first-order chi connectivity index (χ1) is 8.34. The molecule has 7 heteroatoms. The number of carbonyl (C=O) groups is 1. The molecule has 1 aliphatic heterocycles. The number of sulfonamides is 1. The number of primary amides is 1. The zero-order valence-electron chi connectivity index (χ0n) is 10.7. The molecule has 18 heavy (non-hydrogen) atoms. The number of hydrogen-bond acceptors (Lipinski definition) is 4. The third kappa shape index (κ3) is 2.82. The van der Waals surface area contributed by atoms with E-state index >= 15 is 0 Å². The van der Waals surface area contributed by atoms with Gasteiger partial charge in [-0.2, -0.15) is 9.57 Å². The van der Waals surface area contributed by atoms with Crippen molar-refractivity contribution in [2.75, 3.05) is 6.54 Å². The third-order valence-electron chi connectivity index (χ3n) is 3.43. The minimum atomic E-state index is -3.68. The van der Waals surface area contributed by atoms with Crippen LogP contribution in [0.15, 0.2) is 0 Å². The molecule has 0 aromatic rings. The average molecular weight is 273 g/mol. The minimum Gasteiger partial charge on any atom is -0.369 e. The van der Waals surface area contributed by atoms with Crippen molar-refractivity contribution in [2.45, 2.75) is 44.4 Å². The maximum atomic E-state index is 12.3. The molecule has 0 aromatic heterocycles. The molecule has 102 valence electrons. The molecule has 0 aromatic carbocycles. The lowest BCUT2D eigenvalue weighted by Gasteiger charge is -2.36. The van der Waals surface area contributed by atoms with E-state index in [1.807, 2.05) is 6.07 Å². The molecule has 3 unspecified atom stereocenters. The van der Waals surface area contributed by atoms with Crippen molar-refractivity contribution >= 4 is 15.9 Å². The van der Waals surface area contributed by atoms with E-state index < -0.39 is 27.1 Å². The number of hydrogen-bond donors (Lipinski definition) is 1. The SMILES string of the molecule is CCC(C#N)S(=O)(=O)N1CC(C(N)=O)CCC1C. The van der Waals surface area contributed by atoms with Gasteiger partial charge in [0.25, 0.3) is 0 Å². The molecule has 0 radical (unpaired) electrons. The summed E-state index contributed by atoms with van der Waals surface area (Å²) < 4.78 is 25.8. The highest BCUT2D eigenvalue weighted by molar-refractivity contribution is 7.90. The maximum Gasteiger partial charge on any atom is 0.230 e. The van der Waals surface area contributed by atoms with Crippen LogP contribution in [0.25, 0.3) is 0 Å². The Morgan fingerprint density at radius 3 is 2.61 bits per heavy atom. The number of rotatable bonds is 4. The van der Waals surface area contributed by atoms with Crippen LogP contribution in [-0.4, -0.2) is 36.5 Å². The monoisotopic (exact) mass is 273 g/mol. The molecule has 6 nitrogen and oxygen atoms in total. The van der Waals surface area contributed by atoms with Crippen LogP contribution in [-0.2, 0) is 14.8 Å². The summed E-state index contributed by atoms with van der Waals surface area (Å²) in [4.78, 5) is 11.2. The predicted molar refractivity (Wildman–Crippen MR) is 66.7 cm³/mol. The summed E-state index contributed by atoms with van der Waals surface area (Å²) >= 11 is 0. The van der Waals surface area contributed by atoms with Crippen LogP contribution in [0.1, 0.15) is 33.1 Å². The molecule has 1 rings (SSSR count). The van der Waals surface area contributed by atoms with E-state index in [2.05, 4.69) is 0 Å². The molecule has 0 spiro atoms. The fraction of sp³-hybridized carbons (Fsp3) is 0.818.